The van der Waals surface area contributed by atoms with Crippen molar-refractivity contribution in [2.75, 3.05) is 18.0 Å². The SMILES string of the molecule is CCN(CC)S(=O)(=O)c1ccc2c(c1)C[C@H](C)N2C(=O)c1ccccc1. The van der Waals surface area contributed by atoms with Crippen LogP contribution in [-0.4, -0.2) is 37.8 Å². The Morgan fingerprint density at radius 3 is 2.38 bits per heavy atom. The fourth-order valence-electron chi connectivity index (χ4n) is 3.51. The summed E-state index contributed by atoms with van der Waals surface area (Å²) in [7, 11) is -3.50. The van der Waals surface area contributed by atoms with Gasteiger partial charge in [-0.1, -0.05) is 32.0 Å². The summed E-state index contributed by atoms with van der Waals surface area (Å²) < 4.78 is 27.0. The van der Waals surface area contributed by atoms with E-state index in [0.717, 1.165) is 11.3 Å². The van der Waals surface area contributed by atoms with Gasteiger partial charge in [0.25, 0.3) is 5.91 Å². The second-order valence-electron chi connectivity index (χ2n) is 6.47. The van der Waals surface area contributed by atoms with Crippen LogP contribution in [0.25, 0.3) is 0 Å². The van der Waals surface area contributed by atoms with Crippen molar-refractivity contribution in [3.8, 4) is 0 Å². The molecule has 1 atom stereocenters. The Labute approximate surface area is 155 Å². The molecular formula is C20H24N2O3S. The summed E-state index contributed by atoms with van der Waals surface area (Å²) in [5.74, 6) is -0.0591. The zero-order chi connectivity index (χ0) is 18.9. The largest absolute Gasteiger partial charge is 0.305 e. The summed E-state index contributed by atoms with van der Waals surface area (Å²) in [6, 6.07) is 14.2. The number of nitrogens with zero attached hydrogens (tertiary/aromatic N) is 2. The van der Waals surface area contributed by atoms with E-state index in [1.54, 1.807) is 35.2 Å². The number of carbonyl (C=O) groups excluding carboxylic acids is 1. The quantitative estimate of drug-likeness (QED) is 0.809. The van der Waals surface area contributed by atoms with Gasteiger partial charge in [0.1, 0.15) is 0 Å². The first-order chi connectivity index (χ1) is 12.4. The van der Waals surface area contributed by atoms with Gasteiger partial charge in [-0.15, -0.1) is 0 Å². The Kier molecular flexibility index (Phi) is 5.16. The highest BCUT2D eigenvalue weighted by molar-refractivity contribution is 7.89. The number of anilines is 1. The van der Waals surface area contributed by atoms with E-state index >= 15 is 0 Å². The van der Waals surface area contributed by atoms with Gasteiger partial charge in [-0.3, -0.25) is 4.79 Å². The highest BCUT2D eigenvalue weighted by Crippen LogP contribution is 2.35. The van der Waals surface area contributed by atoms with Crippen LogP contribution in [0.5, 0.6) is 0 Å². The van der Waals surface area contributed by atoms with E-state index in [9.17, 15) is 13.2 Å². The number of sulfonamides is 1. The minimum absolute atomic E-state index is 0.0101. The number of hydrogen-bond acceptors (Lipinski definition) is 3. The molecule has 0 unspecified atom stereocenters. The normalized spacial score (nSPS) is 16.8. The molecule has 26 heavy (non-hydrogen) atoms. The summed E-state index contributed by atoms with van der Waals surface area (Å²) in [5, 5.41) is 0. The van der Waals surface area contributed by atoms with Gasteiger partial charge in [-0.05, 0) is 49.2 Å². The Morgan fingerprint density at radius 1 is 1.12 bits per heavy atom. The molecule has 3 rings (SSSR count). The maximum absolute atomic E-state index is 12.9. The molecule has 1 aliphatic heterocycles. The fourth-order valence-corrected chi connectivity index (χ4v) is 5.02. The van der Waals surface area contributed by atoms with Crippen molar-refractivity contribution in [1.82, 2.24) is 4.31 Å². The molecule has 0 bridgehead atoms. The van der Waals surface area contributed by atoms with E-state index in [0.29, 0.717) is 30.0 Å². The van der Waals surface area contributed by atoms with Crippen LogP contribution in [0.3, 0.4) is 0 Å². The molecule has 2 aromatic rings. The molecule has 2 aromatic carbocycles. The third kappa shape index (κ3) is 3.15. The minimum Gasteiger partial charge on any atom is -0.305 e. The summed E-state index contributed by atoms with van der Waals surface area (Å²) in [6.45, 7) is 6.52. The van der Waals surface area contributed by atoms with Crippen molar-refractivity contribution in [1.29, 1.82) is 0 Å². The van der Waals surface area contributed by atoms with Gasteiger partial charge in [0, 0.05) is 30.4 Å². The van der Waals surface area contributed by atoms with Crippen LogP contribution >= 0.6 is 0 Å². The van der Waals surface area contributed by atoms with Crippen molar-refractivity contribution >= 4 is 21.6 Å². The van der Waals surface area contributed by atoms with Gasteiger partial charge >= 0.3 is 0 Å². The zero-order valence-electron chi connectivity index (χ0n) is 15.3. The van der Waals surface area contributed by atoms with Crippen LogP contribution in [0.2, 0.25) is 0 Å². The second-order valence-corrected chi connectivity index (χ2v) is 8.41. The molecule has 0 N–H and O–H groups in total. The van der Waals surface area contributed by atoms with Crippen molar-refractivity contribution < 1.29 is 13.2 Å². The summed E-state index contributed by atoms with van der Waals surface area (Å²) in [6.07, 6.45) is 0.648. The predicted molar refractivity (Wildman–Crippen MR) is 103 cm³/mol. The van der Waals surface area contributed by atoms with E-state index in [1.165, 1.54) is 4.31 Å². The Bertz CT molecular complexity index is 906. The number of carbonyl (C=O) groups is 1. The van der Waals surface area contributed by atoms with Crippen LogP contribution < -0.4 is 4.90 Å². The lowest BCUT2D eigenvalue weighted by molar-refractivity contribution is 0.0981. The molecule has 1 amide bonds. The Hall–Kier alpha value is -2.18. The molecular weight excluding hydrogens is 348 g/mol. The van der Waals surface area contributed by atoms with Gasteiger partial charge in [0.05, 0.1) is 4.90 Å². The summed E-state index contributed by atoms with van der Waals surface area (Å²) in [4.78, 5) is 15.0. The molecule has 0 spiro atoms. The monoisotopic (exact) mass is 372 g/mol. The van der Waals surface area contributed by atoms with Crippen LogP contribution in [0.15, 0.2) is 53.4 Å². The molecule has 138 valence electrons. The molecule has 0 fully saturated rings. The minimum atomic E-state index is -3.50. The van der Waals surface area contributed by atoms with Crippen molar-refractivity contribution in [2.24, 2.45) is 0 Å². The molecule has 1 heterocycles. The molecule has 0 aromatic heterocycles. The van der Waals surface area contributed by atoms with Gasteiger partial charge in [0.15, 0.2) is 0 Å². The molecule has 0 saturated carbocycles. The van der Waals surface area contributed by atoms with Gasteiger partial charge in [-0.25, -0.2) is 8.42 Å². The highest BCUT2D eigenvalue weighted by Gasteiger charge is 2.33. The van der Waals surface area contributed by atoms with Crippen molar-refractivity contribution in [2.45, 2.75) is 38.1 Å². The average molecular weight is 372 g/mol. The lowest BCUT2D eigenvalue weighted by atomic mass is 10.1. The highest BCUT2D eigenvalue weighted by atomic mass is 32.2. The number of rotatable bonds is 5. The molecule has 0 aliphatic carbocycles. The lowest BCUT2D eigenvalue weighted by Crippen LogP contribution is -2.35. The standard InChI is InChI=1S/C20H24N2O3S/c1-4-21(5-2)26(24,25)18-11-12-19-17(14-18)13-15(3)22(19)20(23)16-9-7-6-8-10-16/h6-12,14-15H,4-5,13H2,1-3H3/t15-/m0/s1. The first kappa shape index (κ1) is 18.6. The van der Waals surface area contributed by atoms with Crippen LogP contribution in [0, 0.1) is 0 Å². The zero-order valence-corrected chi connectivity index (χ0v) is 16.2. The molecule has 0 saturated heterocycles. The van der Waals surface area contributed by atoms with E-state index < -0.39 is 10.0 Å². The molecule has 5 nitrogen and oxygen atoms in total. The Balaban J connectivity index is 1.98. The smallest absolute Gasteiger partial charge is 0.258 e. The van der Waals surface area contributed by atoms with Gasteiger partial charge < -0.3 is 4.90 Å². The van der Waals surface area contributed by atoms with E-state index in [-0.39, 0.29) is 11.9 Å². The number of fused-ring (bicyclic) bond motifs is 1. The average Bonchev–Trinajstić information content (AvgIpc) is 2.97. The second kappa shape index (κ2) is 7.21. The molecule has 6 heteroatoms. The number of amides is 1. The third-order valence-corrected chi connectivity index (χ3v) is 6.90. The van der Waals surface area contributed by atoms with Crippen molar-refractivity contribution in [3.05, 3.63) is 59.7 Å². The van der Waals surface area contributed by atoms with Gasteiger partial charge in [0.2, 0.25) is 10.0 Å². The Morgan fingerprint density at radius 2 is 1.77 bits per heavy atom. The maximum atomic E-state index is 12.9. The number of hydrogen-bond donors (Lipinski definition) is 0. The van der Waals surface area contributed by atoms with E-state index in [4.69, 9.17) is 0 Å². The topological polar surface area (TPSA) is 57.7 Å². The van der Waals surface area contributed by atoms with Crippen LogP contribution in [0.1, 0.15) is 36.7 Å². The van der Waals surface area contributed by atoms with E-state index in [1.807, 2.05) is 39.0 Å². The maximum Gasteiger partial charge on any atom is 0.258 e. The fraction of sp³-hybridized carbons (Fsp3) is 0.350. The van der Waals surface area contributed by atoms with E-state index in [2.05, 4.69) is 0 Å². The van der Waals surface area contributed by atoms with Crippen LogP contribution in [0.4, 0.5) is 5.69 Å². The third-order valence-electron chi connectivity index (χ3n) is 4.85. The first-order valence-electron chi connectivity index (χ1n) is 8.91. The number of benzene rings is 2. The predicted octanol–water partition coefficient (Wildman–Crippen LogP) is 3.31. The molecule has 0 radical (unpaired) electrons. The summed E-state index contributed by atoms with van der Waals surface area (Å²) >= 11 is 0. The van der Waals surface area contributed by atoms with Gasteiger partial charge in [-0.2, -0.15) is 4.31 Å². The van der Waals surface area contributed by atoms with Crippen LogP contribution in [-0.2, 0) is 16.4 Å². The first-order valence-corrected chi connectivity index (χ1v) is 10.4. The summed E-state index contributed by atoms with van der Waals surface area (Å²) in [5.41, 5.74) is 2.33. The lowest BCUT2D eigenvalue weighted by Gasteiger charge is -2.23. The molecule has 1 aliphatic rings. The van der Waals surface area contributed by atoms with Crippen molar-refractivity contribution in [3.63, 3.8) is 0 Å².